The van der Waals surface area contributed by atoms with Crippen LogP contribution in [0.25, 0.3) is 0 Å². The normalized spacial score (nSPS) is 11.9. The van der Waals surface area contributed by atoms with E-state index < -0.39 is 6.61 Å². The van der Waals surface area contributed by atoms with Crippen LogP contribution in [0.2, 0.25) is 0 Å². The Hall–Kier alpha value is -2.63. The van der Waals surface area contributed by atoms with E-state index in [0.717, 1.165) is 12.0 Å². The monoisotopic (exact) mass is 363 g/mol. The number of hydrogen-bond acceptors (Lipinski definition) is 3. The predicted octanol–water partition coefficient (Wildman–Crippen LogP) is 4.61. The first-order valence-corrected chi connectivity index (χ1v) is 8.59. The van der Waals surface area contributed by atoms with Crippen LogP contribution < -0.4 is 14.8 Å². The van der Waals surface area contributed by atoms with Crippen molar-refractivity contribution in [3.05, 3.63) is 59.7 Å². The molecule has 2 rings (SSSR count). The van der Waals surface area contributed by atoms with Gasteiger partial charge in [0.1, 0.15) is 0 Å². The van der Waals surface area contributed by atoms with Gasteiger partial charge in [0.2, 0.25) is 0 Å². The minimum absolute atomic E-state index is 0.0888. The maximum atomic E-state index is 12.5. The van der Waals surface area contributed by atoms with Gasteiger partial charge in [0, 0.05) is 18.0 Å². The molecule has 2 aromatic carbocycles. The molecular weight excluding hydrogens is 340 g/mol. The molecule has 0 aliphatic rings. The van der Waals surface area contributed by atoms with Gasteiger partial charge in [0.15, 0.2) is 11.5 Å². The SMILES string of the molecule is CCOc1cc(C(=O)NCC(CC)c2ccccc2)ccc1OC(F)F. The molecule has 0 heterocycles. The third kappa shape index (κ3) is 5.44. The topological polar surface area (TPSA) is 47.6 Å². The second-order valence-electron chi connectivity index (χ2n) is 5.70. The van der Waals surface area contributed by atoms with E-state index in [1.54, 1.807) is 6.92 Å². The quantitative estimate of drug-likeness (QED) is 0.708. The highest BCUT2D eigenvalue weighted by Gasteiger charge is 2.16. The lowest BCUT2D eigenvalue weighted by molar-refractivity contribution is -0.0514. The lowest BCUT2D eigenvalue weighted by atomic mass is 9.96. The molecule has 140 valence electrons. The van der Waals surface area contributed by atoms with Crippen LogP contribution in [0.5, 0.6) is 11.5 Å². The number of alkyl halides is 2. The van der Waals surface area contributed by atoms with Crippen LogP contribution >= 0.6 is 0 Å². The molecule has 0 saturated heterocycles. The van der Waals surface area contributed by atoms with Gasteiger partial charge in [-0.2, -0.15) is 8.78 Å². The highest BCUT2D eigenvalue weighted by atomic mass is 19.3. The molecule has 4 nitrogen and oxygen atoms in total. The van der Waals surface area contributed by atoms with Crippen molar-refractivity contribution in [3.8, 4) is 11.5 Å². The van der Waals surface area contributed by atoms with E-state index >= 15 is 0 Å². The second kappa shape index (κ2) is 9.75. The van der Waals surface area contributed by atoms with Crippen molar-refractivity contribution in [1.82, 2.24) is 5.32 Å². The molecule has 1 atom stereocenters. The van der Waals surface area contributed by atoms with Crippen LogP contribution in [-0.2, 0) is 0 Å². The van der Waals surface area contributed by atoms with Crippen LogP contribution in [0, 0.1) is 0 Å². The molecule has 1 amide bonds. The van der Waals surface area contributed by atoms with Gasteiger partial charge in [0.25, 0.3) is 5.91 Å². The molecule has 26 heavy (non-hydrogen) atoms. The molecule has 0 aliphatic heterocycles. The van der Waals surface area contributed by atoms with Gasteiger partial charge in [-0.1, -0.05) is 37.3 Å². The Bertz CT molecular complexity index is 707. The molecule has 0 fully saturated rings. The minimum atomic E-state index is -2.95. The fourth-order valence-electron chi connectivity index (χ4n) is 2.65. The Morgan fingerprint density at radius 3 is 2.42 bits per heavy atom. The average Bonchev–Trinajstić information content (AvgIpc) is 2.64. The van der Waals surface area contributed by atoms with Crippen molar-refractivity contribution >= 4 is 5.91 Å². The number of benzene rings is 2. The number of halogens is 2. The van der Waals surface area contributed by atoms with E-state index in [2.05, 4.69) is 17.0 Å². The summed E-state index contributed by atoms with van der Waals surface area (Å²) in [6.07, 6.45) is 0.885. The molecule has 0 bridgehead atoms. The van der Waals surface area contributed by atoms with Crippen molar-refractivity contribution in [2.45, 2.75) is 32.8 Å². The minimum Gasteiger partial charge on any atom is -0.490 e. The Morgan fingerprint density at radius 2 is 1.81 bits per heavy atom. The molecule has 0 aromatic heterocycles. The van der Waals surface area contributed by atoms with Crippen molar-refractivity contribution in [3.63, 3.8) is 0 Å². The van der Waals surface area contributed by atoms with Gasteiger partial charge in [0.05, 0.1) is 6.61 Å². The van der Waals surface area contributed by atoms with Gasteiger partial charge >= 0.3 is 6.61 Å². The van der Waals surface area contributed by atoms with Gasteiger partial charge in [-0.25, -0.2) is 0 Å². The highest BCUT2D eigenvalue weighted by Crippen LogP contribution is 2.30. The van der Waals surface area contributed by atoms with E-state index in [4.69, 9.17) is 4.74 Å². The summed E-state index contributed by atoms with van der Waals surface area (Å²) in [5.74, 6) is -0.0541. The first kappa shape index (κ1) is 19.7. The zero-order valence-electron chi connectivity index (χ0n) is 14.9. The number of rotatable bonds is 9. The Balaban J connectivity index is 2.07. The number of amides is 1. The summed E-state index contributed by atoms with van der Waals surface area (Å²) in [5, 5.41) is 2.89. The number of carbonyl (C=O) groups excluding carboxylic acids is 1. The maximum absolute atomic E-state index is 12.5. The molecule has 1 unspecified atom stereocenters. The summed E-state index contributed by atoms with van der Waals surface area (Å²) in [6, 6.07) is 14.1. The Kier molecular flexibility index (Phi) is 7.38. The molecule has 6 heteroatoms. The van der Waals surface area contributed by atoms with Crippen LogP contribution in [-0.4, -0.2) is 25.7 Å². The first-order chi connectivity index (χ1) is 12.5. The van der Waals surface area contributed by atoms with Gasteiger partial charge < -0.3 is 14.8 Å². The fourth-order valence-corrected chi connectivity index (χ4v) is 2.65. The zero-order valence-corrected chi connectivity index (χ0v) is 14.9. The maximum Gasteiger partial charge on any atom is 0.387 e. The largest absolute Gasteiger partial charge is 0.490 e. The van der Waals surface area contributed by atoms with Crippen molar-refractivity contribution in [2.75, 3.05) is 13.2 Å². The van der Waals surface area contributed by atoms with E-state index in [1.165, 1.54) is 18.2 Å². The summed E-state index contributed by atoms with van der Waals surface area (Å²) in [5.41, 5.74) is 1.49. The zero-order chi connectivity index (χ0) is 18.9. The fraction of sp³-hybridized carbons (Fsp3) is 0.350. The third-order valence-electron chi connectivity index (χ3n) is 3.99. The molecular formula is C20H23F2NO3. The number of nitrogens with one attached hydrogen (secondary N) is 1. The molecule has 0 radical (unpaired) electrons. The van der Waals surface area contributed by atoms with E-state index in [9.17, 15) is 13.6 Å². The smallest absolute Gasteiger partial charge is 0.387 e. The molecule has 2 aromatic rings. The first-order valence-electron chi connectivity index (χ1n) is 8.59. The highest BCUT2D eigenvalue weighted by molar-refractivity contribution is 5.94. The van der Waals surface area contributed by atoms with E-state index in [1.807, 2.05) is 30.3 Å². The number of ether oxygens (including phenoxy) is 2. The molecule has 0 aliphatic carbocycles. The van der Waals surface area contributed by atoms with Crippen LogP contribution in [0.3, 0.4) is 0 Å². The van der Waals surface area contributed by atoms with E-state index in [0.29, 0.717) is 12.1 Å². The summed E-state index contributed by atoms with van der Waals surface area (Å²) < 4.78 is 34.6. The molecule has 0 spiro atoms. The average molecular weight is 363 g/mol. The van der Waals surface area contributed by atoms with Crippen LogP contribution in [0.1, 0.15) is 42.1 Å². The van der Waals surface area contributed by atoms with Crippen molar-refractivity contribution in [1.29, 1.82) is 0 Å². The van der Waals surface area contributed by atoms with Gasteiger partial charge in [-0.15, -0.1) is 0 Å². The standard InChI is InChI=1S/C20H23F2NO3/c1-3-14(15-8-6-5-7-9-15)13-23-19(24)16-10-11-17(26-20(21)22)18(12-16)25-4-2/h5-12,14,20H,3-4,13H2,1-2H3,(H,23,24). The van der Waals surface area contributed by atoms with Crippen molar-refractivity contribution < 1.29 is 23.0 Å². The van der Waals surface area contributed by atoms with Crippen molar-refractivity contribution in [2.24, 2.45) is 0 Å². The number of hydrogen-bond donors (Lipinski definition) is 1. The summed E-state index contributed by atoms with van der Waals surface area (Å²) in [6.45, 7) is 1.60. The lowest BCUT2D eigenvalue weighted by Gasteiger charge is -2.17. The van der Waals surface area contributed by atoms with Gasteiger partial charge in [-0.05, 0) is 37.1 Å². The second-order valence-corrected chi connectivity index (χ2v) is 5.70. The van der Waals surface area contributed by atoms with Crippen LogP contribution in [0.15, 0.2) is 48.5 Å². The lowest BCUT2D eigenvalue weighted by Crippen LogP contribution is -2.28. The number of carbonyl (C=O) groups is 1. The summed E-state index contributed by atoms with van der Waals surface area (Å²) in [4.78, 5) is 12.4. The summed E-state index contributed by atoms with van der Waals surface area (Å²) in [7, 11) is 0. The third-order valence-corrected chi connectivity index (χ3v) is 3.99. The van der Waals surface area contributed by atoms with E-state index in [-0.39, 0.29) is 29.9 Å². The molecule has 1 N–H and O–H groups in total. The Morgan fingerprint density at radius 1 is 1.08 bits per heavy atom. The summed E-state index contributed by atoms with van der Waals surface area (Å²) >= 11 is 0. The predicted molar refractivity (Wildman–Crippen MR) is 96.1 cm³/mol. The Labute approximate surface area is 152 Å². The molecule has 0 saturated carbocycles. The van der Waals surface area contributed by atoms with Gasteiger partial charge in [-0.3, -0.25) is 4.79 Å². The van der Waals surface area contributed by atoms with Crippen LogP contribution in [0.4, 0.5) is 8.78 Å².